The Morgan fingerprint density at radius 1 is 1.32 bits per heavy atom. The van der Waals surface area contributed by atoms with E-state index in [1.54, 1.807) is 17.0 Å². The van der Waals surface area contributed by atoms with Crippen molar-refractivity contribution in [1.29, 1.82) is 0 Å². The molecule has 25 heavy (non-hydrogen) atoms. The Bertz CT molecular complexity index is 580. The second-order valence-electron chi connectivity index (χ2n) is 7.13. The molecule has 6 nitrogen and oxygen atoms in total. The van der Waals surface area contributed by atoms with Crippen LogP contribution in [-0.2, 0) is 16.0 Å². The third kappa shape index (κ3) is 5.97. The normalized spacial score (nSPS) is 17.0. The van der Waals surface area contributed by atoms with Gasteiger partial charge in [0, 0.05) is 25.8 Å². The summed E-state index contributed by atoms with van der Waals surface area (Å²) in [6, 6.07) is 7.30. The minimum absolute atomic E-state index is 0.0840. The zero-order chi connectivity index (χ0) is 18.4. The van der Waals surface area contributed by atoms with Gasteiger partial charge in [0.1, 0.15) is 5.60 Å². The van der Waals surface area contributed by atoms with Gasteiger partial charge in [-0.05, 0) is 49.9 Å². The van der Waals surface area contributed by atoms with Crippen molar-refractivity contribution < 1.29 is 14.3 Å². The molecule has 1 atom stereocenters. The Morgan fingerprint density at radius 3 is 2.44 bits per heavy atom. The first-order valence-electron chi connectivity index (χ1n) is 8.43. The van der Waals surface area contributed by atoms with Crippen LogP contribution in [0.3, 0.4) is 0 Å². The summed E-state index contributed by atoms with van der Waals surface area (Å²) in [5.41, 5.74) is 0.129. The van der Waals surface area contributed by atoms with Crippen molar-refractivity contribution in [1.82, 2.24) is 4.90 Å². The van der Waals surface area contributed by atoms with Crippen LogP contribution in [0.25, 0.3) is 0 Å². The summed E-state index contributed by atoms with van der Waals surface area (Å²) in [5.74, 6) is 0. The molecule has 1 heterocycles. The van der Waals surface area contributed by atoms with Crippen LogP contribution in [0.1, 0.15) is 50.2 Å². The zero-order valence-corrected chi connectivity index (χ0v) is 15.7. The number of benzene rings is 1. The number of amides is 1. The summed E-state index contributed by atoms with van der Waals surface area (Å²) in [7, 11) is 0. The fraction of sp³-hybridized carbons (Fsp3) is 0.611. The van der Waals surface area contributed by atoms with Crippen molar-refractivity contribution in [3.8, 4) is 0 Å². The molecule has 1 unspecified atom stereocenters. The molecule has 1 aliphatic rings. The molecule has 138 valence electrons. The van der Waals surface area contributed by atoms with Gasteiger partial charge >= 0.3 is 6.09 Å². The number of carbonyl (C=O) groups excluding carboxylic acids is 1. The van der Waals surface area contributed by atoms with E-state index in [4.69, 9.17) is 21.1 Å². The highest BCUT2D eigenvalue weighted by Gasteiger charge is 2.29. The van der Waals surface area contributed by atoms with E-state index in [2.05, 4.69) is 5.18 Å². The van der Waals surface area contributed by atoms with E-state index in [-0.39, 0.29) is 12.1 Å². The van der Waals surface area contributed by atoms with Crippen LogP contribution in [0.15, 0.2) is 29.4 Å². The largest absolute Gasteiger partial charge is 0.444 e. The maximum absolute atomic E-state index is 12.7. The lowest BCUT2D eigenvalue weighted by Gasteiger charge is -2.35. The quantitative estimate of drug-likeness (QED) is 0.432. The van der Waals surface area contributed by atoms with E-state index in [0.29, 0.717) is 25.3 Å². The maximum atomic E-state index is 12.7. The van der Waals surface area contributed by atoms with E-state index in [9.17, 15) is 9.70 Å². The molecule has 1 aromatic rings. The smallest absolute Gasteiger partial charge is 0.410 e. The number of hydrogen-bond acceptors (Lipinski definition) is 5. The molecule has 0 saturated carbocycles. The number of rotatable bonds is 5. The van der Waals surface area contributed by atoms with E-state index in [0.717, 1.165) is 18.4 Å². The standard InChI is InChI=1S/C18H25ClN2O4/c1-18(2,3)25-17(22)21(15-8-10-24-11-9-15)12-13-4-6-14(7-5-13)16(19)20-23/h4-7,15-16H,8-12H2,1-3H3. The fourth-order valence-electron chi connectivity index (χ4n) is 2.70. The van der Waals surface area contributed by atoms with Crippen LogP contribution >= 0.6 is 11.6 Å². The van der Waals surface area contributed by atoms with Crippen LogP contribution < -0.4 is 0 Å². The van der Waals surface area contributed by atoms with Crippen LogP contribution in [0, 0.1) is 4.91 Å². The summed E-state index contributed by atoms with van der Waals surface area (Å²) in [6.07, 6.45) is 1.25. The van der Waals surface area contributed by atoms with Gasteiger partial charge in [-0.25, -0.2) is 4.79 Å². The number of alkyl halides is 1. The number of nitroso groups, excluding NO2 is 1. The molecule has 2 rings (SSSR count). The lowest BCUT2D eigenvalue weighted by atomic mass is 10.1. The topological polar surface area (TPSA) is 68.2 Å². The monoisotopic (exact) mass is 368 g/mol. The predicted molar refractivity (Wildman–Crippen MR) is 96.4 cm³/mol. The van der Waals surface area contributed by atoms with Gasteiger partial charge in [-0.1, -0.05) is 35.9 Å². The Morgan fingerprint density at radius 2 is 1.92 bits per heavy atom. The number of halogens is 1. The van der Waals surface area contributed by atoms with E-state index in [1.807, 2.05) is 32.9 Å². The minimum atomic E-state index is -0.897. The minimum Gasteiger partial charge on any atom is -0.444 e. The van der Waals surface area contributed by atoms with Crippen LogP contribution in [0.5, 0.6) is 0 Å². The lowest BCUT2D eigenvalue weighted by Crippen LogP contribution is -2.45. The van der Waals surface area contributed by atoms with Crippen molar-refractivity contribution in [3.63, 3.8) is 0 Å². The second kappa shape index (κ2) is 8.63. The van der Waals surface area contributed by atoms with E-state index < -0.39 is 11.1 Å². The second-order valence-corrected chi connectivity index (χ2v) is 7.55. The summed E-state index contributed by atoms with van der Waals surface area (Å²) < 4.78 is 11.0. The van der Waals surface area contributed by atoms with Gasteiger partial charge in [0.05, 0.1) is 0 Å². The molecule has 1 amide bonds. The first-order valence-corrected chi connectivity index (χ1v) is 8.86. The van der Waals surface area contributed by atoms with Gasteiger partial charge in [0.2, 0.25) is 0 Å². The first kappa shape index (κ1) is 19.7. The van der Waals surface area contributed by atoms with Crippen molar-refractivity contribution in [3.05, 3.63) is 40.3 Å². The van der Waals surface area contributed by atoms with Crippen molar-refractivity contribution in [2.45, 2.75) is 57.3 Å². The van der Waals surface area contributed by atoms with E-state index >= 15 is 0 Å². The summed E-state index contributed by atoms with van der Waals surface area (Å²) in [6.45, 7) is 7.28. The first-order chi connectivity index (χ1) is 11.8. The van der Waals surface area contributed by atoms with Gasteiger partial charge in [-0.15, -0.1) is 4.91 Å². The fourth-order valence-corrected chi connectivity index (χ4v) is 2.84. The van der Waals surface area contributed by atoms with Crippen molar-refractivity contribution in [2.24, 2.45) is 5.18 Å². The Balaban J connectivity index is 2.14. The third-order valence-electron chi connectivity index (χ3n) is 3.96. The summed E-state index contributed by atoms with van der Waals surface area (Å²) in [4.78, 5) is 25.0. The average molecular weight is 369 g/mol. The average Bonchev–Trinajstić information content (AvgIpc) is 2.58. The van der Waals surface area contributed by atoms with Gasteiger partial charge in [-0.2, -0.15) is 0 Å². The Labute approximate surface area is 153 Å². The van der Waals surface area contributed by atoms with E-state index in [1.165, 1.54) is 0 Å². The van der Waals surface area contributed by atoms with Gasteiger partial charge < -0.3 is 14.4 Å². The molecular formula is C18H25ClN2O4. The molecule has 1 aromatic carbocycles. The number of nitrogens with zero attached hydrogens (tertiary/aromatic N) is 2. The van der Waals surface area contributed by atoms with Gasteiger partial charge in [0.25, 0.3) is 0 Å². The molecule has 1 saturated heterocycles. The highest BCUT2D eigenvalue weighted by molar-refractivity contribution is 6.20. The highest BCUT2D eigenvalue weighted by atomic mass is 35.5. The number of ether oxygens (including phenoxy) is 2. The van der Waals surface area contributed by atoms with Crippen LogP contribution in [-0.4, -0.2) is 35.8 Å². The van der Waals surface area contributed by atoms with Crippen LogP contribution in [0.4, 0.5) is 4.79 Å². The Hall–Kier alpha value is -1.66. The third-order valence-corrected chi connectivity index (χ3v) is 4.29. The summed E-state index contributed by atoms with van der Waals surface area (Å²) >= 11 is 5.82. The number of carbonyl (C=O) groups is 1. The maximum Gasteiger partial charge on any atom is 0.410 e. The highest BCUT2D eigenvalue weighted by Crippen LogP contribution is 2.24. The number of hydrogen-bond donors (Lipinski definition) is 0. The molecule has 0 bridgehead atoms. The molecule has 0 spiro atoms. The molecule has 0 aromatic heterocycles. The molecule has 1 aliphatic heterocycles. The molecular weight excluding hydrogens is 344 g/mol. The molecule has 0 N–H and O–H groups in total. The lowest BCUT2D eigenvalue weighted by molar-refractivity contribution is -0.00808. The van der Waals surface area contributed by atoms with Crippen LogP contribution in [0.2, 0.25) is 0 Å². The van der Waals surface area contributed by atoms with Crippen molar-refractivity contribution >= 4 is 17.7 Å². The zero-order valence-electron chi connectivity index (χ0n) is 14.9. The SMILES string of the molecule is CC(C)(C)OC(=O)N(Cc1ccc(C(Cl)N=O)cc1)C1CCOCC1. The Kier molecular flexibility index (Phi) is 6.79. The molecule has 0 radical (unpaired) electrons. The summed E-state index contributed by atoms with van der Waals surface area (Å²) in [5, 5.41) is 2.81. The molecule has 7 heteroatoms. The van der Waals surface area contributed by atoms with Gasteiger partial charge in [-0.3, -0.25) is 0 Å². The van der Waals surface area contributed by atoms with Crippen molar-refractivity contribution in [2.75, 3.05) is 13.2 Å². The predicted octanol–water partition coefficient (Wildman–Crippen LogP) is 4.61. The molecule has 1 fully saturated rings. The molecule has 0 aliphatic carbocycles. The van der Waals surface area contributed by atoms with Gasteiger partial charge in [0.15, 0.2) is 5.50 Å².